The van der Waals surface area contributed by atoms with Gasteiger partial charge in [-0.25, -0.2) is 0 Å². The van der Waals surface area contributed by atoms with Crippen LogP contribution in [0.3, 0.4) is 0 Å². The van der Waals surface area contributed by atoms with Crippen molar-refractivity contribution in [3.63, 3.8) is 0 Å². The summed E-state index contributed by atoms with van der Waals surface area (Å²) >= 11 is 0. The van der Waals surface area contributed by atoms with Gasteiger partial charge in [0.2, 0.25) is 0 Å². The Morgan fingerprint density at radius 1 is 1.21 bits per heavy atom. The van der Waals surface area contributed by atoms with Crippen molar-refractivity contribution in [3.05, 3.63) is 34.4 Å². The van der Waals surface area contributed by atoms with Crippen LogP contribution in [0.1, 0.15) is 29.2 Å². The van der Waals surface area contributed by atoms with Crippen LogP contribution < -0.4 is 5.32 Å². The summed E-state index contributed by atoms with van der Waals surface area (Å²) in [5.74, 6) is 0. The standard InChI is InChI=1S/C16H25NO2/c1-11-5-12(2)16(13(3)6-11)10-18-9-15-8-17-7-14(4)19-15/h5-6,14-15,17H,7-10H2,1-4H3. The van der Waals surface area contributed by atoms with Crippen LogP contribution in [0.5, 0.6) is 0 Å². The predicted octanol–water partition coefficient (Wildman–Crippen LogP) is 2.51. The second kappa shape index (κ2) is 6.51. The Morgan fingerprint density at radius 2 is 1.89 bits per heavy atom. The van der Waals surface area contributed by atoms with E-state index in [0.717, 1.165) is 13.1 Å². The first kappa shape index (κ1) is 14.5. The zero-order chi connectivity index (χ0) is 13.8. The van der Waals surface area contributed by atoms with Crippen molar-refractivity contribution in [3.8, 4) is 0 Å². The quantitative estimate of drug-likeness (QED) is 0.905. The molecule has 1 N–H and O–H groups in total. The maximum atomic E-state index is 5.84. The molecule has 106 valence electrons. The molecule has 2 unspecified atom stereocenters. The normalized spacial score (nSPS) is 23.6. The third kappa shape index (κ3) is 4.03. The van der Waals surface area contributed by atoms with Gasteiger partial charge < -0.3 is 14.8 Å². The molecule has 1 saturated heterocycles. The van der Waals surface area contributed by atoms with Gasteiger partial charge in [0.25, 0.3) is 0 Å². The number of morpholine rings is 1. The summed E-state index contributed by atoms with van der Waals surface area (Å²) in [4.78, 5) is 0. The zero-order valence-electron chi connectivity index (χ0n) is 12.5. The van der Waals surface area contributed by atoms with E-state index in [-0.39, 0.29) is 12.2 Å². The Morgan fingerprint density at radius 3 is 2.53 bits per heavy atom. The minimum absolute atomic E-state index is 0.176. The summed E-state index contributed by atoms with van der Waals surface area (Å²) in [5, 5.41) is 3.36. The Labute approximate surface area is 116 Å². The first-order valence-corrected chi connectivity index (χ1v) is 7.07. The van der Waals surface area contributed by atoms with Crippen molar-refractivity contribution >= 4 is 0 Å². The lowest BCUT2D eigenvalue weighted by Gasteiger charge is -2.28. The second-order valence-corrected chi connectivity index (χ2v) is 5.62. The van der Waals surface area contributed by atoms with Gasteiger partial charge in [-0.05, 0) is 44.4 Å². The van der Waals surface area contributed by atoms with Gasteiger partial charge in [-0.2, -0.15) is 0 Å². The van der Waals surface area contributed by atoms with Gasteiger partial charge in [0.15, 0.2) is 0 Å². The van der Waals surface area contributed by atoms with Gasteiger partial charge in [0.05, 0.1) is 25.4 Å². The largest absolute Gasteiger partial charge is 0.374 e. The first-order valence-electron chi connectivity index (χ1n) is 7.07. The summed E-state index contributed by atoms with van der Waals surface area (Å²) in [6.45, 7) is 11.7. The molecule has 1 aromatic rings. The Balaban J connectivity index is 1.85. The van der Waals surface area contributed by atoms with Gasteiger partial charge in [0, 0.05) is 13.1 Å². The molecule has 1 heterocycles. The van der Waals surface area contributed by atoms with Crippen molar-refractivity contribution in [2.24, 2.45) is 0 Å². The van der Waals surface area contributed by atoms with Crippen LogP contribution in [0.15, 0.2) is 12.1 Å². The number of nitrogens with one attached hydrogen (secondary N) is 1. The smallest absolute Gasteiger partial charge is 0.0936 e. The van der Waals surface area contributed by atoms with Crippen LogP contribution >= 0.6 is 0 Å². The van der Waals surface area contributed by atoms with E-state index < -0.39 is 0 Å². The number of aryl methyl sites for hydroxylation is 3. The lowest BCUT2D eigenvalue weighted by atomic mass is 10.0. The lowest BCUT2D eigenvalue weighted by molar-refractivity contribution is -0.0717. The molecule has 1 fully saturated rings. The molecule has 3 heteroatoms. The molecule has 0 saturated carbocycles. The average Bonchev–Trinajstić information content (AvgIpc) is 2.32. The molecule has 0 radical (unpaired) electrons. The molecule has 1 aromatic carbocycles. The fourth-order valence-corrected chi connectivity index (χ4v) is 2.70. The molecule has 2 atom stereocenters. The Bertz CT molecular complexity index is 408. The molecule has 1 aliphatic rings. The van der Waals surface area contributed by atoms with Crippen molar-refractivity contribution in [2.45, 2.75) is 46.5 Å². The molecular formula is C16H25NO2. The van der Waals surface area contributed by atoms with Crippen LogP contribution in [0.25, 0.3) is 0 Å². The van der Waals surface area contributed by atoms with Crippen LogP contribution in [-0.2, 0) is 16.1 Å². The van der Waals surface area contributed by atoms with Crippen molar-refractivity contribution < 1.29 is 9.47 Å². The second-order valence-electron chi connectivity index (χ2n) is 5.62. The van der Waals surface area contributed by atoms with E-state index in [1.165, 1.54) is 22.3 Å². The predicted molar refractivity (Wildman–Crippen MR) is 77.5 cm³/mol. The van der Waals surface area contributed by atoms with E-state index in [1.807, 2.05) is 0 Å². The number of hydrogen-bond acceptors (Lipinski definition) is 3. The molecule has 0 aromatic heterocycles. The van der Waals surface area contributed by atoms with Crippen LogP contribution in [0.4, 0.5) is 0 Å². The van der Waals surface area contributed by atoms with E-state index in [4.69, 9.17) is 9.47 Å². The fourth-order valence-electron chi connectivity index (χ4n) is 2.70. The number of hydrogen-bond donors (Lipinski definition) is 1. The Hall–Kier alpha value is -0.900. The SMILES string of the molecule is Cc1cc(C)c(COCC2CNCC(C)O2)c(C)c1. The van der Waals surface area contributed by atoms with E-state index in [2.05, 4.69) is 45.1 Å². The summed E-state index contributed by atoms with van der Waals surface area (Å²) in [6, 6.07) is 4.43. The molecule has 2 rings (SSSR count). The van der Waals surface area contributed by atoms with E-state index in [0.29, 0.717) is 13.2 Å². The summed E-state index contributed by atoms with van der Waals surface area (Å²) in [5.41, 5.74) is 5.25. The first-order chi connectivity index (χ1) is 9.06. The molecule has 0 spiro atoms. The highest BCUT2D eigenvalue weighted by Gasteiger charge is 2.18. The average molecular weight is 263 g/mol. The van der Waals surface area contributed by atoms with E-state index in [1.54, 1.807) is 0 Å². The minimum Gasteiger partial charge on any atom is -0.374 e. The zero-order valence-corrected chi connectivity index (χ0v) is 12.5. The van der Waals surface area contributed by atoms with Crippen molar-refractivity contribution in [1.29, 1.82) is 0 Å². The maximum absolute atomic E-state index is 5.84. The molecule has 1 aliphatic heterocycles. The van der Waals surface area contributed by atoms with E-state index >= 15 is 0 Å². The van der Waals surface area contributed by atoms with Crippen LogP contribution in [0, 0.1) is 20.8 Å². The third-order valence-corrected chi connectivity index (χ3v) is 3.62. The molecular weight excluding hydrogens is 238 g/mol. The minimum atomic E-state index is 0.176. The molecule has 19 heavy (non-hydrogen) atoms. The molecule has 0 amide bonds. The highest BCUT2D eigenvalue weighted by atomic mass is 16.5. The number of benzene rings is 1. The summed E-state index contributed by atoms with van der Waals surface area (Å²) in [6.07, 6.45) is 0.458. The Kier molecular flexibility index (Phi) is 4.97. The van der Waals surface area contributed by atoms with E-state index in [9.17, 15) is 0 Å². The third-order valence-electron chi connectivity index (χ3n) is 3.62. The van der Waals surface area contributed by atoms with Gasteiger partial charge in [0.1, 0.15) is 0 Å². The highest BCUT2D eigenvalue weighted by molar-refractivity contribution is 5.36. The van der Waals surface area contributed by atoms with Gasteiger partial charge >= 0.3 is 0 Å². The maximum Gasteiger partial charge on any atom is 0.0936 e. The number of ether oxygens (including phenoxy) is 2. The lowest BCUT2D eigenvalue weighted by Crippen LogP contribution is -2.45. The molecule has 0 bridgehead atoms. The van der Waals surface area contributed by atoms with Gasteiger partial charge in [-0.3, -0.25) is 0 Å². The van der Waals surface area contributed by atoms with Gasteiger partial charge in [-0.15, -0.1) is 0 Å². The van der Waals surface area contributed by atoms with Gasteiger partial charge in [-0.1, -0.05) is 17.7 Å². The van der Waals surface area contributed by atoms with Crippen molar-refractivity contribution in [1.82, 2.24) is 5.32 Å². The molecule has 0 aliphatic carbocycles. The summed E-state index contributed by atoms with van der Waals surface area (Å²) in [7, 11) is 0. The van der Waals surface area contributed by atoms with Crippen LogP contribution in [-0.4, -0.2) is 31.9 Å². The summed E-state index contributed by atoms with van der Waals surface area (Å²) < 4.78 is 11.7. The van der Waals surface area contributed by atoms with Crippen molar-refractivity contribution in [2.75, 3.05) is 19.7 Å². The monoisotopic (exact) mass is 263 g/mol. The fraction of sp³-hybridized carbons (Fsp3) is 0.625. The van der Waals surface area contributed by atoms with Crippen LogP contribution in [0.2, 0.25) is 0 Å². The molecule has 3 nitrogen and oxygen atoms in total. The number of rotatable bonds is 4. The topological polar surface area (TPSA) is 30.5 Å². The highest BCUT2D eigenvalue weighted by Crippen LogP contribution is 2.17.